The van der Waals surface area contributed by atoms with Crippen molar-refractivity contribution in [2.45, 2.75) is 44.6 Å². The van der Waals surface area contributed by atoms with Crippen LogP contribution in [-0.4, -0.2) is 17.3 Å². The van der Waals surface area contributed by atoms with E-state index in [0.717, 1.165) is 29.9 Å². The molecule has 0 N–H and O–H groups in total. The molecule has 4 rings (SSSR count). The molecule has 3 aromatic rings. The standard InChI is InChI=1S/C22H23FN2O3/c1-26-20-13-17(21-24-22(28-25-21)16-7-3-2-4-8-16)10-11-19(20)27-14-15-6-5-9-18(23)12-15/h5-6,9-13,16H,2-4,7-8,14H2,1H3. The summed E-state index contributed by atoms with van der Waals surface area (Å²) in [5.74, 6) is 2.50. The number of halogens is 1. The second-order valence-electron chi connectivity index (χ2n) is 7.08. The van der Waals surface area contributed by atoms with Crippen LogP contribution in [0.1, 0.15) is 49.5 Å². The maximum absolute atomic E-state index is 13.3. The van der Waals surface area contributed by atoms with Crippen LogP contribution in [0.3, 0.4) is 0 Å². The molecule has 28 heavy (non-hydrogen) atoms. The molecule has 1 saturated carbocycles. The third-order valence-electron chi connectivity index (χ3n) is 5.10. The first kappa shape index (κ1) is 18.5. The van der Waals surface area contributed by atoms with Crippen molar-refractivity contribution in [3.63, 3.8) is 0 Å². The van der Waals surface area contributed by atoms with E-state index in [1.807, 2.05) is 24.3 Å². The number of ether oxygens (including phenoxy) is 2. The van der Waals surface area contributed by atoms with E-state index >= 15 is 0 Å². The average Bonchev–Trinajstić information content (AvgIpc) is 3.23. The Labute approximate surface area is 163 Å². The van der Waals surface area contributed by atoms with E-state index in [-0.39, 0.29) is 12.4 Å². The lowest BCUT2D eigenvalue weighted by Gasteiger charge is -2.17. The van der Waals surface area contributed by atoms with Crippen molar-refractivity contribution in [3.05, 3.63) is 59.7 Å². The average molecular weight is 382 g/mol. The fourth-order valence-electron chi connectivity index (χ4n) is 3.58. The lowest BCUT2D eigenvalue weighted by molar-refractivity contribution is 0.284. The van der Waals surface area contributed by atoms with Gasteiger partial charge in [0.1, 0.15) is 12.4 Å². The first-order chi connectivity index (χ1) is 13.7. The molecule has 1 aliphatic carbocycles. The van der Waals surface area contributed by atoms with Crippen molar-refractivity contribution in [1.82, 2.24) is 10.1 Å². The van der Waals surface area contributed by atoms with Crippen LogP contribution < -0.4 is 9.47 Å². The molecule has 1 fully saturated rings. The maximum Gasteiger partial charge on any atom is 0.230 e. The van der Waals surface area contributed by atoms with Gasteiger partial charge in [0.15, 0.2) is 11.5 Å². The zero-order valence-electron chi connectivity index (χ0n) is 15.9. The summed E-state index contributed by atoms with van der Waals surface area (Å²) in [6.07, 6.45) is 5.93. The van der Waals surface area contributed by atoms with Gasteiger partial charge in [-0.15, -0.1) is 0 Å². The highest BCUT2D eigenvalue weighted by atomic mass is 19.1. The van der Waals surface area contributed by atoms with Crippen LogP contribution in [0, 0.1) is 5.82 Å². The van der Waals surface area contributed by atoms with Gasteiger partial charge in [-0.3, -0.25) is 0 Å². The van der Waals surface area contributed by atoms with Gasteiger partial charge in [-0.05, 0) is 48.7 Å². The van der Waals surface area contributed by atoms with Crippen molar-refractivity contribution in [2.24, 2.45) is 0 Å². The Morgan fingerprint density at radius 1 is 1.07 bits per heavy atom. The summed E-state index contributed by atoms with van der Waals surface area (Å²) in [5, 5.41) is 4.15. The summed E-state index contributed by atoms with van der Waals surface area (Å²) in [5.41, 5.74) is 1.56. The largest absolute Gasteiger partial charge is 0.493 e. The van der Waals surface area contributed by atoms with Crippen LogP contribution in [0.15, 0.2) is 47.0 Å². The lowest BCUT2D eigenvalue weighted by Crippen LogP contribution is -2.04. The molecule has 1 heterocycles. The molecular formula is C22H23FN2O3. The third kappa shape index (κ3) is 4.16. The molecule has 1 aliphatic rings. The smallest absolute Gasteiger partial charge is 0.230 e. The van der Waals surface area contributed by atoms with Gasteiger partial charge in [-0.25, -0.2) is 4.39 Å². The van der Waals surface area contributed by atoms with E-state index < -0.39 is 0 Å². The normalized spacial score (nSPS) is 14.8. The highest BCUT2D eigenvalue weighted by Crippen LogP contribution is 2.35. The van der Waals surface area contributed by atoms with Gasteiger partial charge in [-0.1, -0.05) is 36.6 Å². The number of aromatic nitrogens is 2. The van der Waals surface area contributed by atoms with E-state index in [1.54, 1.807) is 13.2 Å². The number of benzene rings is 2. The van der Waals surface area contributed by atoms with E-state index in [1.165, 1.54) is 31.4 Å². The second kappa shape index (κ2) is 8.42. The third-order valence-corrected chi connectivity index (χ3v) is 5.10. The SMILES string of the molecule is COc1cc(-c2noc(C3CCCCC3)n2)ccc1OCc1cccc(F)c1. The van der Waals surface area contributed by atoms with Crippen LogP contribution >= 0.6 is 0 Å². The van der Waals surface area contributed by atoms with Gasteiger partial charge < -0.3 is 14.0 Å². The zero-order valence-corrected chi connectivity index (χ0v) is 15.9. The molecule has 0 bridgehead atoms. The summed E-state index contributed by atoms with van der Waals surface area (Å²) in [6.45, 7) is 0.251. The highest BCUT2D eigenvalue weighted by molar-refractivity contribution is 5.60. The second-order valence-corrected chi connectivity index (χ2v) is 7.08. The van der Waals surface area contributed by atoms with E-state index in [0.29, 0.717) is 23.2 Å². The van der Waals surface area contributed by atoms with Crippen molar-refractivity contribution >= 4 is 0 Å². The molecule has 5 nitrogen and oxygen atoms in total. The maximum atomic E-state index is 13.3. The van der Waals surface area contributed by atoms with Gasteiger partial charge in [-0.2, -0.15) is 4.98 Å². The molecular weight excluding hydrogens is 359 g/mol. The summed E-state index contributed by atoms with van der Waals surface area (Å²) in [4.78, 5) is 4.60. The molecule has 6 heteroatoms. The molecule has 146 valence electrons. The Morgan fingerprint density at radius 3 is 2.71 bits per heavy atom. The molecule has 0 saturated heterocycles. The first-order valence-electron chi connectivity index (χ1n) is 9.62. The molecule has 2 aromatic carbocycles. The molecule has 0 amide bonds. The molecule has 0 aliphatic heterocycles. The van der Waals surface area contributed by atoms with Gasteiger partial charge >= 0.3 is 0 Å². The van der Waals surface area contributed by atoms with Crippen LogP contribution in [-0.2, 0) is 6.61 Å². The quantitative estimate of drug-likeness (QED) is 0.562. The van der Waals surface area contributed by atoms with Crippen LogP contribution in [0.25, 0.3) is 11.4 Å². The van der Waals surface area contributed by atoms with Crippen molar-refractivity contribution in [1.29, 1.82) is 0 Å². The summed E-state index contributed by atoms with van der Waals surface area (Å²) < 4.78 is 30.1. The lowest BCUT2D eigenvalue weighted by atomic mass is 9.89. The Morgan fingerprint density at radius 2 is 1.93 bits per heavy atom. The fourth-order valence-corrected chi connectivity index (χ4v) is 3.58. The van der Waals surface area contributed by atoms with E-state index in [4.69, 9.17) is 14.0 Å². The van der Waals surface area contributed by atoms with Crippen molar-refractivity contribution in [3.8, 4) is 22.9 Å². The van der Waals surface area contributed by atoms with Crippen molar-refractivity contribution in [2.75, 3.05) is 7.11 Å². The Bertz CT molecular complexity index is 935. The van der Waals surface area contributed by atoms with Gasteiger partial charge in [0, 0.05) is 11.5 Å². The fraction of sp³-hybridized carbons (Fsp3) is 0.364. The summed E-state index contributed by atoms with van der Waals surface area (Å²) in [6, 6.07) is 11.8. The number of hydrogen-bond acceptors (Lipinski definition) is 5. The van der Waals surface area contributed by atoms with Crippen LogP contribution in [0.2, 0.25) is 0 Å². The first-order valence-corrected chi connectivity index (χ1v) is 9.62. The summed E-state index contributed by atoms with van der Waals surface area (Å²) in [7, 11) is 1.58. The molecule has 0 spiro atoms. The molecule has 0 atom stereocenters. The van der Waals surface area contributed by atoms with Gasteiger partial charge in [0.05, 0.1) is 7.11 Å². The molecule has 1 aromatic heterocycles. The number of methoxy groups -OCH3 is 1. The predicted octanol–water partition coefficient (Wildman–Crippen LogP) is 5.51. The molecule has 0 radical (unpaired) electrons. The van der Waals surface area contributed by atoms with Crippen molar-refractivity contribution < 1.29 is 18.4 Å². The summed E-state index contributed by atoms with van der Waals surface area (Å²) >= 11 is 0. The van der Waals surface area contributed by atoms with Gasteiger partial charge in [0.2, 0.25) is 11.7 Å². The van der Waals surface area contributed by atoms with E-state index in [9.17, 15) is 4.39 Å². The zero-order chi connectivity index (χ0) is 19.3. The number of nitrogens with zero attached hydrogens (tertiary/aromatic N) is 2. The minimum absolute atomic E-state index is 0.251. The Balaban J connectivity index is 1.49. The minimum Gasteiger partial charge on any atom is -0.493 e. The molecule has 0 unspecified atom stereocenters. The Hall–Kier alpha value is -2.89. The number of rotatable bonds is 6. The minimum atomic E-state index is -0.283. The van der Waals surface area contributed by atoms with Crippen LogP contribution in [0.4, 0.5) is 4.39 Å². The monoisotopic (exact) mass is 382 g/mol. The van der Waals surface area contributed by atoms with Crippen LogP contribution in [0.5, 0.6) is 11.5 Å². The predicted molar refractivity (Wildman–Crippen MR) is 103 cm³/mol. The highest BCUT2D eigenvalue weighted by Gasteiger charge is 2.22. The number of hydrogen-bond donors (Lipinski definition) is 0. The van der Waals surface area contributed by atoms with E-state index in [2.05, 4.69) is 10.1 Å². The topological polar surface area (TPSA) is 57.4 Å². The van der Waals surface area contributed by atoms with Gasteiger partial charge in [0.25, 0.3) is 0 Å². The Kier molecular flexibility index (Phi) is 5.55.